The summed E-state index contributed by atoms with van der Waals surface area (Å²) in [5.74, 6) is -0.119. The van der Waals surface area contributed by atoms with Crippen LogP contribution in [0.1, 0.15) is 66.8 Å². The van der Waals surface area contributed by atoms with Crippen molar-refractivity contribution in [3.05, 3.63) is 64.7 Å². The third-order valence-electron chi connectivity index (χ3n) is 6.92. The summed E-state index contributed by atoms with van der Waals surface area (Å²) in [6.45, 7) is 0. The van der Waals surface area contributed by atoms with Crippen molar-refractivity contribution < 1.29 is 13.2 Å². The van der Waals surface area contributed by atoms with E-state index in [1.54, 1.807) is 6.07 Å². The highest BCUT2D eigenvalue weighted by molar-refractivity contribution is 7.91. The van der Waals surface area contributed by atoms with E-state index in [9.17, 15) is 13.2 Å². The maximum Gasteiger partial charge on any atom is 0.224 e. The van der Waals surface area contributed by atoms with Crippen LogP contribution in [-0.2, 0) is 33.9 Å². The molecule has 1 saturated carbocycles. The fourth-order valence-electron chi connectivity index (χ4n) is 5.21. The standard InChI is InChI=1S/C25H29NO3S/c27-25(15-16-30(28,29)22-14-11-18-6-3-8-20(18)17-22)26(21-12-13-21)24-10-4-7-19-5-1-2-9-23(19)24/h1-2,5,9,11,14,17,21,24H,3-4,6-8,10,12-13,15-16H2. The molecule has 0 spiro atoms. The number of nitrogens with zero attached hydrogens (tertiary/aromatic N) is 1. The van der Waals surface area contributed by atoms with Crippen LogP contribution in [0.4, 0.5) is 0 Å². The summed E-state index contributed by atoms with van der Waals surface area (Å²) in [5, 5.41) is 0. The van der Waals surface area contributed by atoms with Crippen LogP contribution in [0.3, 0.4) is 0 Å². The van der Waals surface area contributed by atoms with Gasteiger partial charge in [-0.15, -0.1) is 0 Å². The van der Waals surface area contributed by atoms with Crippen molar-refractivity contribution in [3.63, 3.8) is 0 Å². The predicted octanol–water partition coefficient (Wildman–Crippen LogP) is 4.41. The summed E-state index contributed by atoms with van der Waals surface area (Å²) >= 11 is 0. The van der Waals surface area contributed by atoms with E-state index in [0.717, 1.165) is 56.9 Å². The molecule has 30 heavy (non-hydrogen) atoms. The molecule has 3 aliphatic carbocycles. The molecule has 158 valence electrons. The Labute approximate surface area is 179 Å². The third kappa shape index (κ3) is 3.80. The Morgan fingerprint density at radius 2 is 1.67 bits per heavy atom. The van der Waals surface area contributed by atoms with Gasteiger partial charge in [0.2, 0.25) is 5.91 Å². The lowest BCUT2D eigenvalue weighted by atomic mass is 9.86. The quantitative estimate of drug-likeness (QED) is 0.692. The van der Waals surface area contributed by atoms with E-state index in [-0.39, 0.29) is 30.2 Å². The third-order valence-corrected chi connectivity index (χ3v) is 8.63. The summed E-state index contributed by atoms with van der Waals surface area (Å²) in [7, 11) is -3.45. The van der Waals surface area contributed by atoms with E-state index in [1.807, 2.05) is 23.1 Å². The Balaban J connectivity index is 1.33. The van der Waals surface area contributed by atoms with Gasteiger partial charge in [0.25, 0.3) is 0 Å². The Kier molecular flexibility index (Phi) is 5.18. The minimum Gasteiger partial charge on any atom is -0.333 e. The number of aryl methyl sites for hydroxylation is 3. The largest absolute Gasteiger partial charge is 0.333 e. The van der Waals surface area contributed by atoms with E-state index in [0.29, 0.717) is 4.90 Å². The van der Waals surface area contributed by atoms with Crippen molar-refractivity contribution in [1.82, 2.24) is 4.90 Å². The molecule has 1 atom stereocenters. The number of sulfone groups is 1. The lowest BCUT2D eigenvalue weighted by Crippen LogP contribution is -2.39. The molecule has 1 fully saturated rings. The number of rotatable bonds is 6. The van der Waals surface area contributed by atoms with E-state index in [1.165, 1.54) is 16.7 Å². The summed E-state index contributed by atoms with van der Waals surface area (Å²) in [6.07, 6.45) is 8.31. The highest BCUT2D eigenvalue weighted by atomic mass is 32.2. The second kappa shape index (κ2) is 7.84. The van der Waals surface area contributed by atoms with Gasteiger partial charge >= 0.3 is 0 Å². The molecular formula is C25H29NO3S. The zero-order valence-electron chi connectivity index (χ0n) is 17.3. The average Bonchev–Trinajstić information content (AvgIpc) is 3.47. The van der Waals surface area contributed by atoms with E-state index in [4.69, 9.17) is 0 Å². The molecule has 4 nitrogen and oxygen atoms in total. The highest BCUT2D eigenvalue weighted by Gasteiger charge is 2.39. The highest BCUT2D eigenvalue weighted by Crippen LogP contribution is 2.41. The first kappa shape index (κ1) is 19.8. The molecule has 2 aromatic carbocycles. The number of benzene rings is 2. The van der Waals surface area contributed by atoms with Gasteiger partial charge in [-0.2, -0.15) is 0 Å². The monoisotopic (exact) mass is 423 g/mol. The van der Waals surface area contributed by atoms with Crippen LogP contribution in [0.25, 0.3) is 0 Å². The lowest BCUT2D eigenvalue weighted by molar-refractivity contribution is -0.134. The number of hydrogen-bond donors (Lipinski definition) is 0. The van der Waals surface area contributed by atoms with Crippen LogP contribution < -0.4 is 0 Å². The normalized spacial score (nSPS) is 20.5. The molecule has 0 saturated heterocycles. The summed E-state index contributed by atoms with van der Waals surface area (Å²) in [5.41, 5.74) is 5.00. The van der Waals surface area contributed by atoms with Gasteiger partial charge in [0.05, 0.1) is 16.7 Å². The summed E-state index contributed by atoms with van der Waals surface area (Å²) in [6, 6.07) is 14.3. The van der Waals surface area contributed by atoms with Gasteiger partial charge in [-0.3, -0.25) is 4.79 Å². The summed E-state index contributed by atoms with van der Waals surface area (Å²) < 4.78 is 25.9. The van der Waals surface area contributed by atoms with Crippen LogP contribution in [0.2, 0.25) is 0 Å². The SMILES string of the molecule is O=C(CCS(=O)(=O)c1ccc2c(c1)CCC2)N(C1CC1)C1CCCc2ccccc21. The first-order valence-corrected chi connectivity index (χ1v) is 12.9. The smallest absolute Gasteiger partial charge is 0.224 e. The van der Waals surface area contributed by atoms with Gasteiger partial charge in [0.15, 0.2) is 9.84 Å². The zero-order valence-corrected chi connectivity index (χ0v) is 18.2. The fourth-order valence-corrected chi connectivity index (χ4v) is 6.49. The van der Waals surface area contributed by atoms with Gasteiger partial charge in [-0.05, 0) is 85.8 Å². The number of carbonyl (C=O) groups excluding carboxylic acids is 1. The van der Waals surface area contributed by atoms with Crippen LogP contribution in [-0.4, -0.2) is 31.0 Å². The molecule has 1 unspecified atom stereocenters. The van der Waals surface area contributed by atoms with Gasteiger partial charge in [0.1, 0.15) is 0 Å². The van der Waals surface area contributed by atoms with Crippen LogP contribution >= 0.6 is 0 Å². The van der Waals surface area contributed by atoms with Gasteiger partial charge in [-0.1, -0.05) is 30.3 Å². The molecule has 5 heteroatoms. The second-order valence-electron chi connectivity index (χ2n) is 8.99. The summed E-state index contributed by atoms with van der Waals surface area (Å²) in [4.78, 5) is 15.7. The number of hydrogen-bond acceptors (Lipinski definition) is 3. The van der Waals surface area contributed by atoms with Crippen molar-refractivity contribution >= 4 is 15.7 Å². The van der Waals surface area contributed by atoms with Gasteiger partial charge < -0.3 is 4.90 Å². The van der Waals surface area contributed by atoms with Crippen molar-refractivity contribution in [2.45, 2.75) is 74.8 Å². The maximum atomic E-state index is 13.3. The second-order valence-corrected chi connectivity index (χ2v) is 11.1. The van der Waals surface area contributed by atoms with Crippen molar-refractivity contribution in [2.75, 3.05) is 5.75 Å². The van der Waals surface area contributed by atoms with E-state index in [2.05, 4.69) is 18.2 Å². The van der Waals surface area contributed by atoms with Crippen LogP contribution in [0.15, 0.2) is 47.4 Å². The Morgan fingerprint density at radius 1 is 0.900 bits per heavy atom. The lowest BCUT2D eigenvalue weighted by Gasteiger charge is -2.36. The van der Waals surface area contributed by atoms with E-state index >= 15 is 0 Å². The molecule has 3 aliphatic rings. The molecule has 0 heterocycles. The van der Waals surface area contributed by atoms with E-state index < -0.39 is 9.84 Å². The maximum absolute atomic E-state index is 13.3. The van der Waals surface area contributed by atoms with Crippen LogP contribution in [0.5, 0.6) is 0 Å². The Hall–Kier alpha value is -2.14. The first-order valence-electron chi connectivity index (χ1n) is 11.3. The predicted molar refractivity (Wildman–Crippen MR) is 117 cm³/mol. The average molecular weight is 424 g/mol. The molecule has 0 aliphatic heterocycles. The fraction of sp³-hybridized carbons (Fsp3) is 0.480. The molecule has 5 rings (SSSR count). The molecule has 0 N–H and O–H groups in total. The van der Waals surface area contributed by atoms with Gasteiger partial charge in [0, 0.05) is 12.5 Å². The Morgan fingerprint density at radius 3 is 2.50 bits per heavy atom. The zero-order chi connectivity index (χ0) is 20.7. The van der Waals surface area contributed by atoms with Crippen molar-refractivity contribution in [3.8, 4) is 0 Å². The molecule has 2 aromatic rings. The first-order chi connectivity index (χ1) is 14.5. The molecule has 1 amide bonds. The number of carbonyl (C=O) groups is 1. The molecule has 0 bridgehead atoms. The Bertz CT molecular complexity index is 1070. The van der Waals surface area contributed by atoms with Crippen molar-refractivity contribution in [1.29, 1.82) is 0 Å². The minimum absolute atomic E-state index is 0.0102. The topological polar surface area (TPSA) is 54.5 Å². The molecule has 0 radical (unpaired) electrons. The molecule has 0 aromatic heterocycles. The van der Waals surface area contributed by atoms with Crippen molar-refractivity contribution in [2.24, 2.45) is 0 Å². The van der Waals surface area contributed by atoms with Crippen LogP contribution in [0, 0.1) is 0 Å². The van der Waals surface area contributed by atoms with Gasteiger partial charge in [-0.25, -0.2) is 8.42 Å². The number of fused-ring (bicyclic) bond motifs is 2. The number of amides is 1. The minimum atomic E-state index is -3.45. The molecular weight excluding hydrogens is 394 g/mol.